The molecule has 0 bridgehead atoms. The number of allylic oxidation sites excluding steroid dienone is 1. The molecule has 1 unspecified atom stereocenters. The number of benzene rings is 2. The molecule has 0 saturated heterocycles. The average molecular weight is 321 g/mol. The quantitative estimate of drug-likeness (QED) is 0.674. The van der Waals surface area contributed by atoms with Gasteiger partial charge in [-0.1, -0.05) is 54.6 Å². The van der Waals surface area contributed by atoms with Crippen molar-refractivity contribution in [1.29, 1.82) is 0 Å². The van der Waals surface area contributed by atoms with E-state index in [0.717, 1.165) is 16.8 Å². The Morgan fingerprint density at radius 2 is 1.83 bits per heavy atom. The van der Waals surface area contributed by atoms with Crippen molar-refractivity contribution >= 4 is 23.1 Å². The van der Waals surface area contributed by atoms with Crippen LogP contribution in [0, 0.1) is 0 Å². The highest BCUT2D eigenvalue weighted by Gasteiger charge is 2.26. The molecule has 0 fully saturated rings. The van der Waals surface area contributed by atoms with Crippen molar-refractivity contribution in [2.75, 3.05) is 11.9 Å². The van der Waals surface area contributed by atoms with E-state index in [0.29, 0.717) is 12.2 Å². The number of para-hydroxylation sites is 1. The van der Waals surface area contributed by atoms with E-state index in [1.165, 1.54) is 0 Å². The largest absolute Gasteiger partial charge is 0.466 e. The number of esters is 1. The van der Waals surface area contributed by atoms with Gasteiger partial charge in [0.15, 0.2) is 0 Å². The van der Waals surface area contributed by atoms with Crippen molar-refractivity contribution in [2.45, 2.75) is 19.3 Å². The predicted octanol–water partition coefficient (Wildman–Crippen LogP) is 3.76. The Labute approximate surface area is 141 Å². The van der Waals surface area contributed by atoms with Crippen LogP contribution in [0.3, 0.4) is 0 Å². The van der Waals surface area contributed by atoms with Gasteiger partial charge in [0, 0.05) is 22.7 Å². The zero-order chi connectivity index (χ0) is 16.9. The Morgan fingerprint density at radius 1 is 1.12 bits per heavy atom. The number of hydrogen-bond acceptors (Lipinski definition) is 3. The number of carbonyl (C=O) groups is 2. The number of carbonyl (C=O) groups excluding carboxylic acids is 2. The summed E-state index contributed by atoms with van der Waals surface area (Å²) in [6.45, 7) is 2.13. The Balaban J connectivity index is 1.97. The Bertz CT molecular complexity index is 780. The van der Waals surface area contributed by atoms with Crippen LogP contribution in [0.1, 0.15) is 30.4 Å². The lowest BCUT2D eigenvalue weighted by atomic mass is 9.92. The molecule has 1 aliphatic rings. The molecule has 122 valence electrons. The molecule has 0 aliphatic carbocycles. The number of hydrogen-bond donors (Lipinski definition) is 1. The SMILES string of the molecule is CCOC(=O)CC(C=C1C(=O)Nc2ccccc21)c1ccccc1. The zero-order valence-corrected chi connectivity index (χ0v) is 13.5. The Hall–Kier alpha value is -2.88. The second kappa shape index (κ2) is 7.13. The molecule has 1 aliphatic heterocycles. The van der Waals surface area contributed by atoms with Crippen LogP contribution in [0.5, 0.6) is 0 Å². The molecular formula is C20H19NO3. The lowest BCUT2D eigenvalue weighted by Crippen LogP contribution is -2.11. The number of amides is 1. The summed E-state index contributed by atoms with van der Waals surface area (Å²) in [6, 6.07) is 17.3. The summed E-state index contributed by atoms with van der Waals surface area (Å²) in [6.07, 6.45) is 2.07. The maximum atomic E-state index is 12.3. The van der Waals surface area contributed by atoms with Gasteiger partial charge in [0.2, 0.25) is 0 Å². The Morgan fingerprint density at radius 3 is 2.58 bits per heavy atom. The second-order valence-electron chi connectivity index (χ2n) is 5.61. The molecule has 4 nitrogen and oxygen atoms in total. The second-order valence-corrected chi connectivity index (χ2v) is 5.61. The molecule has 0 radical (unpaired) electrons. The van der Waals surface area contributed by atoms with Crippen molar-refractivity contribution in [2.24, 2.45) is 0 Å². The first-order valence-corrected chi connectivity index (χ1v) is 8.02. The van der Waals surface area contributed by atoms with Gasteiger partial charge in [-0.3, -0.25) is 9.59 Å². The van der Waals surface area contributed by atoms with Crippen LogP contribution in [0.2, 0.25) is 0 Å². The molecule has 2 aromatic rings. The lowest BCUT2D eigenvalue weighted by Gasteiger charge is -2.13. The minimum absolute atomic E-state index is 0.138. The summed E-state index contributed by atoms with van der Waals surface area (Å²) in [5, 5.41) is 2.86. The van der Waals surface area contributed by atoms with Gasteiger partial charge in [-0.2, -0.15) is 0 Å². The van der Waals surface area contributed by atoms with E-state index in [4.69, 9.17) is 4.74 Å². The highest BCUT2D eigenvalue weighted by molar-refractivity contribution is 6.31. The summed E-state index contributed by atoms with van der Waals surface area (Å²) < 4.78 is 5.09. The third kappa shape index (κ3) is 3.38. The normalized spacial score (nSPS) is 15.7. The number of ether oxygens (including phenoxy) is 1. The molecular weight excluding hydrogens is 302 g/mol. The van der Waals surface area contributed by atoms with Crippen LogP contribution in [0.15, 0.2) is 60.7 Å². The maximum absolute atomic E-state index is 12.3. The number of nitrogens with one attached hydrogen (secondary N) is 1. The monoisotopic (exact) mass is 321 g/mol. The van der Waals surface area contributed by atoms with Crippen LogP contribution in [-0.2, 0) is 14.3 Å². The van der Waals surface area contributed by atoms with E-state index >= 15 is 0 Å². The summed E-state index contributed by atoms with van der Waals surface area (Å²) in [5.41, 5.74) is 3.25. The smallest absolute Gasteiger partial charge is 0.306 e. The summed E-state index contributed by atoms with van der Waals surface area (Å²) in [7, 11) is 0. The fourth-order valence-electron chi connectivity index (χ4n) is 2.88. The molecule has 1 heterocycles. The highest BCUT2D eigenvalue weighted by atomic mass is 16.5. The van der Waals surface area contributed by atoms with Gasteiger partial charge in [-0.25, -0.2) is 0 Å². The molecule has 1 amide bonds. The number of anilines is 1. The van der Waals surface area contributed by atoms with Crippen molar-refractivity contribution in [3.63, 3.8) is 0 Å². The predicted molar refractivity (Wildman–Crippen MR) is 93.5 cm³/mol. The van der Waals surface area contributed by atoms with E-state index in [9.17, 15) is 9.59 Å². The minimum Gasteiger partial charge on any atom is -0.466 e. The van der Waals surface area contributed by atoms with E-state index in [1.807, 2.05) is 60.7 Å². The van der Waals surface area contributed by atoms with Gasteiger partial charge in [0.1, 0.15) is 0 Å². The molecule has 0 aromatic heterocycles. The highest BCUT2D eigenvalue weighted by Crippen LogP contribution is 2.34. The van der Waals surface area contributed by atoms with Gasteiger partial charge in [0.25, 0.3) is 5.91 Å². The van der Waals surface area contributed by atoms with Gasteiger partial charge in [-0.15, -0.1) is 0 Å². The van der Waals surface area contributed by atoms with Crippen molar-refractivity contribution in [1.82, 2.24) is 0 Å². The van der Waals surface area contributed by atoms with E-state index in [2.05, 4.69) is 5.32 Å². The lowest BCUT2D eigenvalue weighted by molar-refractivity contribution is -0.143. The first-order chi connectivity index (χ1) is 11.7. The summed E-state index contributed by atoms with van der Waals surface area (Å²) >= 11 is 0. The van der Waals surface area contributed by atoms with E-state index in [-0.39, 0.29) is 24.2 Å². The third-order valence-corrected chi connectivity index (χ3v) is 4.00. The fourth-order valence-corrected chi connectivity index (χ4v) is 2.88. The van der Waals surface area contributed by atoms with Crippen LogP contribution in [0.4, 0.5) is 5.69 Å². The molecule has 3 rings (SSSR count). The molecule has 1 atom stereocenters. The Kier molecular flexibility index (Phi) is 4.75. The average Bonchev–Trinajstić information content (AvgIpc) is 2.91. The van der Waals surface area contributed by atoms with Gasteiger partial charge in [0.05, 0.1) is 13.0 Å². The van der Waals surface area contributed by atoms with Crippen molar-refractivity contribution in [3.05, 3.63) is 71.8 Å². The van der Waals surface area contributed by atoms with Crippen LogP contribution >= 0.6 is 0 Å². The van der Waals surface area contributed by atoms with E-state index < -0.39 is 0 Å². The third-order valence-electron chi connectivity index (χ3n) is 4.00. The first kappa shape index (κ1) is 16.0. The number of rotatable bonds is 5. The summed E-state index contributed by atoms with van der Waals surface area (Å²) in [4.78, 5) is 24.3. The zero-order valence-electron chi connectivity index (χ0n) is 13.5. The first-order valence-electron chi connectivity index (χ1n) is 8.02. The minimum atomic E-state index is -0.269. The fraction of sp³-hybridized carbons (Fsp3) is 0.200. The molecule has 2 aromatic carbocycles. The maximum Gasteiger partial charge on any atom is 0.306 e. The van der Waals surface area contributed by atoms with Crippen molar-refractivity contribution < 1.29 is 14.3 Å². The van der Waals surface area contributed by atoms with Crippen LogP contribution in [0.25, 0.3) is 5.57 Å². The molecule has 0 spiro atoms. The topological polar surface area (TPSA) is 55.4 Å². The summed E-state index contributed by atoms with van der Waals surface area (Å²) in [5.74, 6) is -0.618. The van der Waals surface area contributed by atoms with Crippen LogP contribution in [-0.4, -0.2) is 18.5 Å². The molecule has 24 heavy (non-hydrogen) atoms. The van der Waals surface area contributed by atoms with E-state index in [1.54, 1.807) is 6.92 Å². The van der Waals surface area contributed by atoms with Gasteiger partial charge >= 0.3 is 5.97 Å². The molecule has 1 N–H and O–H groups in total. The standard InChI is InChI=1S/C20H19NO3/c1-2-24-19(22)13-15(14-8-4-3-5-9-14)12-17-16-10-6-7-11-18(16)21-20(17)23/h3-12,15H,2,13H2,1H3,(H,21,23). The van der Waals surface area contributed by atoms with Gasteiger partial charge < -0.3 is 10.1 Å². The number of fused-ring (bicyclic) bond motifs is 1. The van der Waals surface area contributed by atoms with Crippen LogP contribution < -0.4 is 5.32 Å². The van der Waals surface area contributed by atoms with Gasteiger partial charge in [-0.05, 0) is 18.6 Å². The molecule has 4 heteroatoms. The van der Waals surface area contributed by atoms with Crippen molar-refractivity contribution in [3.8, 4) is 0 Å². The molecule has 0 saturated carbocycles.